The van der Waals surface area contributed by atoms with Crippen LogP contribution in [-0.2, 0) is 22.3 Å². The van der Waals surface area contributed by atoms with Crippen molar-refractivity contribution in [3.8, 4) is 0 Å². The monoisotopic (exact) mass is 405 g/mol. The highest BCUT2D eigenvalue weighted by atomic mass is 32.2. The van der Waals surface area contributed by atoms with Crippen LogP contribution in [0, 0.1) is 5.82 Å². The maximum Gasteiger partial charge on any atom is 0.416 e. The van der Waals surface area contributed by atoms with Crippen molar-refractivity contribution >= 4 is 40.7 Å². The van der Waals surface area contributed by atoms with E-state index in [1.807, 2.05) is 0 Å². The molecule has 2 aromatic rings. The molecule has 0 radical (unpaired) electrons. The minimum absolute atomic E-state index is 0.00865. The highest BCUT2D eigenvalue weighted by Crippen LogP contribution is 2.43. The fraction of sp³-hybridized carbons (Fsp3) is 0.250. The molecule has 10 heteroatoms. The zero-order valence-electron chi connectivity index (χ0n) is 13.2. The number of halogens is 4. The normalized spacial score (nSPS) is 14.3. The number of methoxy groups -OCH3 is 1. The highest BCUT2D eigenvalue weighted by molar-refractivity contribution is 8.02. The molecule has 0 aliphatic carbocycles. The number of hydrogen-bond acceptors (Lipinski definition) is 5. The van der Waals surface area contributed by atoms with Crippen LogP contribution in [0.2, 0.25) is 0 Å². The van der Waals surface area contributed by atoms with E-state index < -0.39 is 23.5 Å². The van der Waals surface area contributed by atoms with Crippen LogP contribution in [-0.4, -0.2) is 24.7 Å². The van der Waals surface area contributed by atoms with Crippen molar-refractivity contribution in [2.45, 2.75) is 16.9 Å². The van der Waals surface area contributed by atoms with Crippen LogP contribution in [0.3, 0.4) is 0 Å². The Kier molecular flexibility index (Phi) is 4.98. The maximum atomic E-state index is 13.6. The van der Waals surface area contributed by atoms with Crippen LogP contribution in [0.25, 0.3) is 0 Å². The second kappa shape index (κ2) is 6.92. The molecule has 0 fully saturated rings. The second-order valence-electron chi connectivity index (χ2n) is 5.39. The van der Waals surface area contributed by atoms with E-state index >= 15 is 0 Å². The molecule has 3 rings (SSSR count). The number of amides is 1. The molecule has 26 heavy (non-hydrogen) atoms. The van der Waals surface area contributed by atoms with E-state index in [1.165, 1.54) is 29.8 Å². The maximum absolute atomic E-state index is 13.6. The van der Waals surface area contributed by atoms with Gasteiger partial charge in [0.25, 0.3) is 0 Å². The van der Waals surface area contributed by atoms with Crippen LogP contribution in [0.4, 0.5) is 23.2 Å². The van der Waals surface area contributed by atoms with Crippen LogP contribution >= 0.6 is 23.1 Å². The van der Waals surface area contributed by atoms with Crippen LogP contribution in [0.1, 0.15) is 20.8 Å². The lowest BCUT2D eigenvalue weighted by atomic mass is 10.1. The molecular formula is C16H11F4NO3S2. The predicted molar refractivity (Wildman–Crippen MR) is 89.0 cm³/mol. The number of nitrogens with zero attached hydrogens (tertiary/aromatic N) is 1. The Morgan fingerprint density at radius 1 is 1.27 bits per heavy atom. The molecular weight excluding hydrogens is 394 g/mol. The van der Waals surface area contributed by atoms with E-state index in [9.17, 15) is 27.2 Å². The van der Waals surface area contributed by atoms with Gasteiger partial charge in [-0.3, -0.25) is 4.79 Å². The number of ether oxygens (including phenoxy) is 1. The Balaban J connectivity index is 1.96. The van der Waals surface area contributed by atoms with Gasteiger partial charge in [0, 0.05) is 0 Å². The first-order valence-electron chi connectivity index (χ1n) is 7.21. The van der Waals surface area contributed by atoms with Gasteiger partial charge in [-0.25, -0.2) is 9.18 Å². The summed E-state index contributed by atoms with van der Waals surface area (Å²) in [5.74, 6) is -1.86. The summed E-state index contributed by atoms with van der Waals surface area (Å²) in [6.07, 6.45) is -4.69. The van der Waals surface area contributed by atoms with Gasteiger partial charge in [0.15, 0.2) is 0 Å². The standard InChI is InChI=1S/C16H11F4NO3S2/c1-24-14(23)12-5-11-15(26-12)25-7-13(22)21(11)6-8-2-9(16(18,19)20)4-10(17)3-8/h2-5H,6-7H2,1H3. The summed E-state index contributed by atoms with van der Waals surface area (Å²) in [6, 6.07) is 3.63. The molecule has 1 aromatic heterocycles. The molecule has 0 bridgehead atoms. The van der Waals surface area contributed by atoms with Crippen molar-refractivity contribution in [3.05, 3.63) is 46.1 Å². The van der Waals surface area contributed by atoms with E-state index in [0.29, 0.717) is 16.0 Å². The number of thioether (sulfide) groups is 1. The number of carbonyl (C=O) groups excluding carboxylic acids is 2. The lowest BCUT2D eigenvalue weighted by molar-refractivity contribution is -0.137. The van der Waals surface area contributed by atoms with E-state index in [1.54, 1.807) is 0 Å². The van der Waals surface area contributed by atoms with Crippen molar-refractivity contribution in [1.29, 1.82) is 0 Å². The minimum Gasteiger partial charge on any atom is -0.465 e. The second-order valence-corrected chi connectivity index (χ2v) is 7.69. The summed E-state index contributed by atoms with van der Waals surface area (Å²) in [7, 11) is 1.22. The fourth-order valence-electron chi connectivity index (χ4n) is 2.46. The number of alkyl halides is 3. The van der Waals surface area contributed by atoms with E-state index in [2.05, 4.69) is 4.74 Å². The van der Waals surface area contributed by atoms with Gasteiger partial charge in [-0.05, 0) is 29.8 Å². The molecule has 1 amide bonds. The number of benzene rings is 1. The number of thiophene rings is 1. The molecule has 1 aliphatic rings. The first-order valence-corrected chi connectivity index (χ1v) is 9.01. The molecule has 0 saturated heterocycles. The topological polar surface area (TPSA) is 46.6 Å². The molecule has 4 nitrogen and oxygen atoms in total. The van der Waals surface area contributed by atoms with E-state index in [0.717, 1.165) is 23.5 Å². The Morgan fingerprint density at radius 3 is 2.65 bits per heavy atom. The summed E-state index contributed by atoms with van der Waals surface area (Å²) in [4.78, 5) is 25.5. The molecule has 0 spiro atoms. The number of fused-ring (bicyclic) bond motifs is 1. The van der Waals surface area contributed by atoms with Gasteiger partial charge in [-0.15, -0.1) is 23.1 Å². The Labute approximate surface area is 153 Å². The SMILES string of the molecule is COC(=O)c1cc2c(s1)SCC(=O)N2Cc1cc(F)cc(C(F)(F)F)c1. The smallest absolute Gasteiger partial charge is 0.416 e. The zero-order chi connectivity index (χ0) is 19.1. The lowest BCUT2D eigenvalue weighted by Gasteiger charge is -2.26. The molecule has 1 aliphatic heterocycles. The molecule has 0 unspecified atom stereocenters. The number of rotatable bonds is 3. The molecule has 138 valence electrons. The van der Waals surface area contributed by atoms with Crippen LogP contribution < -0.4 is 4.90 Å². The van der Waals surface area contributed by atoms with Gasteiger partial charge in [0.05, 0.1) is 34.9 Å². The van der Waals surface area contributed by atoms with Gasteiger partial charge in [0.2, 0.25) is 5.91 Å². The van der Waals surface area contributed by atoms with E-state index in [4.69, 9.17) is 0 Å². The Hall–Kier alpha value is -2.07. The number of carbonyl (C=O) groups is 2. The molecule has 1 aromatic carbocycles. The van der Waals surface area contributed by atoms with Crippen molar-refractivity contribution in [2.75, 3.05) is 17.8 Å². The minimum atomic E-state index is -4.69. The molecule has 0 saturated carbocycles. The number of hydrogen-bond donors (Lipinski definition) is 0. The summed E-state index contributed by atoms with van der Waals surface area (Å²) in [5.41, 5.74) is -0.698. The third kappa shape index (κ3) is 3.70. The van der Waals surface area contributed by atoms with Gasteiger partial charge in [-0.1, -0.05) is 0 Å². The third-order valence-electron chi connectivity index (χ3n) is 3.61. The quantitative estimate of drug-likeness (QED) is 0.563. The Bertz CT molecular complexity index is 879. The first kappa shape index (κ1) is 18.7. The highest BCUT2D eigenvalue weighted by Gasteiger charge is 2.33. The molecule has 2 heterocycles. The van der Waals surface area contributed by atoms with Gasteiger partial charge in [0.1, 0.15) is 10.7 Å². The Morgan fingerprint density at radius 2 is 2.00 bits per heavy atom. The van der Waals surface area contributed by atoms with Crippen LogP contribution in [0.15, 0.2) is 28.5 Å². The summed E-state index contributed by atoms with van der Waals surface area (Å²) in [6.45, 7) is -0.232. The van der Waals surface area contributed by atoms with Crippen molar-refractivity contribution in [2.24, 2.45) is 0 Å². The fourth-order valence-corrected chi connectivity index (χ4v) is 4.68. The summed E-state index contributed by atoms with van der Waals surface area (Å²) >= 11 is 2.37. The first-order chi connectivity index (χ1) is 12.2. The van der Waals surface area contributed by atoms with Crippen molar-refractivity contribution < 1.29 is 31.9 Å². The predicted octanol–water partition coefficient (Wildman–Crippen LogP) is 4.33. The average molecular weight is 405 g/mol. The summed E-state index contributed by atoms with van der Waals surface area (Å²) < 4.78 is 57.5. The lowest BCUT2D eigenvalue weighted by Crippen LogP contribution is -2.34. The van der Waals surface area contributed by atoms with Gasteiger partial charge in [-0.2, -0.15) is 13.2 Å². The largest absolute Gasteiger partial charge is 0.465 e. The van der Waals surface area contributed by atoms with E-state index in [-0.39, 0.29) is 28.6 Å². The van der Waals surface area contributed by atoms with Crippen molar-refractivity contribution in [3.63, 3.8) is 0 Å². The van der Waals surface area contributed by atoms with Gasteiger partial charge < -0.3 is 9.64 Å². The summed E-state index contributed by atoms with van der Waals surface area (Å²) in [5, 5.41) is 0. The van der Waals surface area contributed by atoms with Gasteiger partial charge >= 0.3 is 12.1 Å². The third-order valence-corrected chi connectivity index (χ3v) is 5.98. The average Bonchev–Trinajstić information content (AvgIpc) is 3.00. The zero-order valence-corrected chi connectivity index (χ0v) is 14.9. The molecule has 0 atom stereocenters. The van der Waals surface area contributed by atoms with Crippen molar-refractivity contribution in [1.82, 2.24) is 0 Å². The number of esters is 1. The molecule has 0 N–H and O–H groups in total. The van der Waals surface area contributed by atoms with Crippen LogP contribution in [0.5, 0.6) is 0 Å². The number of anilines is 1.